The van der Waals surface area contributed by atoms with Crippen molar-refractivity contribution in [3.63, 3.8) is 0 Å². The molecule has 0 aliphatic carbocycles. The first-order valence-corrected chi connectivity index (χ1v) is 9.12. The summed E-state index contributed by atoms with van der Waals surface area (Å²) in [6.07, 6.45) is 0. The molecule has 0 saturated carbocycles. The maximum Gasteiger partial charge on any atom is 0.255 e. The molecule has 6 nitrogen and oxygen atoms in total. The van der Waals surface area contributed by atoms with Gasteiger partial charge in [0, 0.05) is 11.3 Å². The summed E-state index contributed by atoms with van der Waals surface area (Å²) < 4.78 is 6.83. The Balaban J connectivity index is 1.76. The third-order valence-corrected chi connectivity index (χ3v) is 5.48. The van der Waals surface area contributed by atoms with Crippen LogP contribution in [-0.4, -0.2) is 29.7 Å². The Morgan fingerprint density at radius 3 is 2.88 bits per heavy atom. The molecule has 25 heavy (non-hydrogen) atoms. The Labute approximate surface area is 152 Å². The van der Waals surface area contributed by atoms with Crippen LogP contribution >= 0.6 is 23.1 Å². The van der Waals surface area contributed by atoms with Crippen LogP contribution in [-0.2, 0) is 4.79 Å². The van der Waals surface area contributed by atoms with Gasteiger partial charge < -0.3 is 15.8 Å². The van der Waals surface area contributed by atoms with Crippen molar-refractivity contribution in [1.29, 1.82) is 0 Å². The number of thiazole rings is 1. The van der Waals surface area contributed by atoms with E-state index in [9.17, 15) is 9.59 Å². The molecule has 0 aliphatic heterocycles. The highest BCUT2D eigenvalue weighted by Crippen LogP contribution is 2.31. The molecule has 0 unspecified atom stereocenters. The largest absolute Gasteiger partial charge is 0.497 e. The second-order valence-electron chi connectivity index (χ2n) is 5.10. The van der Waals surface area contributed by atoms with Gasteiger partial charge in [0.25, 0.3) is 5.91 Å². The lowest BCUT2D eigenvalue weighted by Crippen LogP contribution is -2.12. The molecule has 0 atom stereocenters. The zero-order valence-corrected chi connectivity index (χ0v) is 14.9. The van der Waals surface area contributed by atoms with E-state index in [4.69, 9.17) is 10.5 Å². The number of benzene rings is 2. The molecule has 1 heterocycles. The molecule has 0 spiro atoms. The number of rotatable bonds is 6. The molecule has 3 aromatic rings. The molecule has 8 heteroatoms. The van der Waals surface area contributed by atoms with Crippen molar-refractivity contribution < 1.29 is 14.3 Å². The molecule has 1 aromatic heterocycles. The minimum atomic E-state index is -0.379. The number of ether oxygens (including phenoxy) is 1. The fourth-order valence-electron chi connectivity index (χ4n) is 2.14. The molecule has 128 valence electrons. The van der Waals surface area contributed by atoms with Gasteiger partial charge in [-0.25, -0.2) is 4.98 Å². The fourth-order valence-corrected chi connectivity index (χ4v) is 3.99. The number of thioether (sulfide) groups is 1. The number of primary amides is 1. The average Bonchev–Trinajstić information content (AvgIpc) is 3.02. The SMILES string of the molecule is COc1cccc(C(=O)Nc2ccc3nc(SCC(N)=O)sc3c2)c1. The zero-order chi connectivity index (χ0) is 17.8. The molecule has 3 rings (SSSR count). The third-order valence-electron chi connectivity index (χ3n) is 3.30. The Bertz CT molecular complexity index is 940. The van der Waals surface area contributed by atoms with Crippen LogP contribution in [0.25, 0.3) is 10.2 Å². The van der Waals surface area contributed by atoms with Crippen molar-refractivity contribution in [2.75, 3.05) is 18.2 Å². The number of nitrogens with one attached hydrogen (secondary N) is 1. The van der Waals surface area contributed by atoms with E-state index in [1.807, 2.05) is 12.1 Å². The Hall–Kier alpha value is -2.58. The van der Waals surface area contributed by atoms with E-state index in [-0.39, 0.29) is 17.6 Å². The number of hydrogen-bond acceptors (Lipinski definition) is 6. The Morgan fingerprint density at radius 1 is 1.28 bits per heavy atom. The van der Waals surface area contributed by atoms with E-state index in [0.29, 0.717) is 17.0 Å². The summed E-state index contributed by atoms with van der Waals surface area (Å²) in [5.41, 5.74) is 7.16. The number of hydrogen-bond donors (Lipinski definition) is 2. The van der Waals surface area contributed by atoms with E-state index >= 15 is 0 Å². The van der Waals surface area contributed by atoms with E-state index in [0.717, 1.165) is 14.6 Å². The molecule has 0 radical (unpaired) electrons. The second-order valence-corrected chi connectivity index (χ2v) is 7.36. The summed E-state index contributed by atoms with van der Waals surface area (Å²) in [6, 6.07) is 12.4. The third kappa shape index (κ3) is 4.28. The minimum absolute atomic E-state index is 0.194. The first kappa shape index (κ1) is 17.2. The summed E-state index contributed by atoms with van der Waals surface area (Å²) in [5.74, 6) is 0.225. The number of aromatic nitrogens is 1. The first-order chi connectivity index (χ1) is 12.0. The molecule has 0 bridgehead atoms. The number of amides is 2. The molecule has 0 saturated heterocycles. The average molecular weight is 373 g/mol. The molecule has 2 amide bonds. The number of nitrogens with two attached hydrogens (primary N) is 1. The number of anilines is 1. The standard InChI is InChI=1S/C17H15N3O3S2/c1-23-12-4-2-3-10(7-12)16(22)19-11-5-6-13-14(8-11)25-17(20-13)24-9-15(18)21/h2-8H,9H2,1H3,(H2,18,21)(H,19,22). The first-order valence-electron chi connectivity index (χ1n) is 7.32. The number of methoxy groups -OCH3 is 1. The van der Waals surface area contributed by atoms with Crippen molar-refractivity contribution in [2.45, 2.75) is 4.34 Å². The van der Waals surface area contributed by atoms with Crippen molar-refractivity contribution >= 4 is 50.8 Å². The monoisotopic (exact) mass is 373 g/mol. The van der Waals surface area contributed by atoms with Crippen molar-refractivity contribution in [2.24, 2.45) is 5.73 Å². The van der Waals surface area contributed by atoms with Crippen LogP contribution in [0, 0.1) is 0 Å². The van der Waals surface area contributed by atoms with Crippen molar-refractivity contribution in [3.05, 3.63) is 48.0 Å². The highest BCUT2D eigenvalue weighted by Gasteiger charge is 2.10. The number of fused-ring (bicyclic) bond motifs is 1. The molecule has 2 aromatic carbocycles. The molecule has 0 aliphatic rings. The predicted octanol–water partition coefficient (Wildman–Crippen LogP) is 3.13. The lowest BCUT2D eigenvalue weighted by atomic mass is 10.2. The molecular weight excluding hydrogens is 358 g/mol. The van der Waals surface area contributed by atoms with Gasteiger partial charge in [0.2, 0.25) is 5.91 Å². The summed E-state index contributed by atoms with van der Waals surface area (Å²) in [5, 5.41) is 2.86. The maximum absolute atomic E-state index is 12.4. The van der Waals surface area contributed by atoms with Gasteiger partial charge >= 0.3 is 0 Å². The van der Waals surface area contributed by atoms with E-state index in [1.54, 1.807) is 37.4 Å². The van der Waals surface area contributed by atoms with Crippen LogP contribution in [0.5, 0.6) is 5.75 Å². The van der Waals surface area contributed by atoms with E-state index < -0.39 is 0 Å². The Kier molecular flexibility index (Phi) is 5.20. The van der Waals surface area contributed by atoms with Gasteiger partial charge in [0.1, 0.15) is 5.75 Å². The smallest absolute Gasteiger partial charge is 0.255 e. The highest BCUT2D eigenvalue weighted by molar-refractivity contribution is 8.01. The normalized spacial score (nSPS) is 10.6. The molecule has 0 fully saturated rings. The van der Waals surface area contributed by atoms with Gasteiger partial charge in [0.05, 0.1) is 23.1 Å². The van der Waals surface area contributed by atoms with Gasteiger partial charge in [-0.15, -0.1) is 11.3 Å². The summed E-state index contributed by atoms with van der Waals surface area (Å²) in [7, 11) is 1.56. The van der Waals surface area contributed by atoms with Crippen molar-refractivity contribution in [3.8, 4) is 5.75 Å². The van der Waals surface area contributed by atoms with E-state index in [1.165, 1.54) is 23.1 Å². The van der Waals surface area contributed by atoms with Crippen LogP contribution in [0.1, 0.15) is 10.4 Å². The van der Waals surface area contributed by atoms with Crippen LogP contribution in [0.15, 0.2) is 46.8 Å². The number of nitrogens with zero attached hydrogens (tertiary/aromatic N) is 1. The van der Waals surface area contributed by atoms with Crippen LogP contribution in [0.4, 0.5) is 5.69 Å². The topological polar surface area (TPSA) is 94.3 Å². The summed E-state index contributed by atoms with van der Waals surface area (Å²) in [6.45, 7) is 0. The molecule has 3 N–H and O–H groups in total. The van der Waals surface area contributed by atoms with Crippen LogP contribution < -0.4 is 15.8 Å². The lowest BCUT2D eigenvalue weighted by molar-refractivity contribution is -0.115. The second kappa shape index (κ2) is 7.54. The van der Waals surface area contributed by atoms with Gasteiger partial charge in [-0.05, 0) is 36.4 Å². The maximum atomic E-state index is 12.4. The highest BCUT2D eigenvalue weighted by atomic mass is 32.2. The van der Waals surface area contributed by atoms with Gasteiger partial charge in [0.15, 0.2) is 4.34 Å². The summed E-state index contributed by atoms with van der Waals surface area (Å²) in [4.78, 5) is 27.7. The van der Waals surface area contributed by atoms with Gasteiger partial charge in [-0.3, -0.25) is 9.59 Å². The number of carbonyl (C=O) groups is 2. The summed E-state index contributed by atoms with van der Waals surface area (Å²) >= 11 is 2.76. The van der Waals surface area contributed by atoms with Gasteiger partial charge in [-0.2, -0.15) is 0 Å². The predicted molar refractivity (Wildman–Crippen MR) is 100 cm³/mol. The number of carbonyl (C=O) groups excluding carboxylic acids is 2. The van der Waals surface area contributed by atoms with Crippen LogP contribution in [0.3, 0.4) is 0 Å². The lowest BCUT2D eigenvalue weighted by Gasteiger charge is -2.06. The minimum Gasteiger partial charge on any atom is -0.497 e. The Morgan fingerprint density at radius 2 is 2.12 bits per heavy atom. The fraction of sp³-hybridized carbons (Fsp3) is 0.118. The zero-order valence-electron chi connectivity index (χ0n) is 13.3. The van der Waals surface area contributed by atoms with Crippen molar-refractivity contribution in [1.82, 2.24) is 4.98 Å². The molecular formula is C17H15N3O3S2. The van der Waals surface area contributed by atoms with Gasteiger partial charge in [-0.1, -0.05) is 17.8 Å². The van der Waals surface area contributed by atoms with E-state index in [2.05, 4.69) is 10.3 Å². The quantitative estimate of drug-likeness (QED) is 0.647. The van der Waals surface area contributed by atoms with Crippen LogP contribution in [0.2, 0.25) is 0 Å².